The maximum atomic E-state index is 13.3. The number of carbonyl (C=O) groups excluding carboxylic acids is 2. The average molecular weight is 483 g/mol. The second-order valence-electron chi connectivity index (χ2n) is 9.44. The molecule has 2 aromatic carbocycles. The maximum Gasteiger partial charge on any atom is 0.274 e. The minimum atomic E-state index is -0.0766. The second-order valence-corrected chi connectivity index (χ2v) is 9.44. The van der Waals surface area contributed by atoms with E-state index in [4.69, 9.17) is 0 Å². The lowest BCUT2D eigenvalue weighted by Gasteiger charge is -2.40. The van der Waals surface area contributed by atoms with Crippen molar-refractivity contribution in [3.8, 4) is 0 Å². The number of hydrogen-bond acceptors (Lipinski definition) is 5. The summed E-state index contributed by atoms with van der Waals surface area (Å²) in [6.45, 7) is 1.30. The van der Waals surface area contributed by atoms with E-state index in [1.54, 1.807) is 29.3 Å². The molecule has 1 aliphatic heterocycles. The number of nitrogens with zero attached hydrogens (tertiary/aromatic N) is 6. The molecule has 8 nitrogen and oxygen atoms in total. The third kappa shape index (κ3) is 4.98. The van der Waals surface area contributed by atoms with Crippen LogP contribution in [0.15, 0.2) is 73.2 Å². The molecular weight excluding hydrogens is 452 g/mol. The molecule has 0 saturated carbocycles. The molecule has 184 valence electrons. The Hall–Kier alpha value is -4.07. The van der Waals surface area contributed by atoms with E-state index in [2.05, 4.69) is 27.2 Å². The van der Waals surface area contributed by atoms with Gasteiger partial charge in [0.2, 0.25) is 0 Å². The molecule has 0 radical (unpaired) electrons. The van der Waals surface area contributed by atoms with E-state index in [-0.39, 0.29) is 23.8 Å². The molecule has 4 aromatic rings. The number of piperidine rings is 1. The molecule has 36 heavy (non-hydrogen) atoms. The van der Waals surface area contributed by atoms with E-state index in [0.29, 0.717) is 24.3 Å². The summed E-state index contributed by atoms with van der Waals surface area (Å²) in [5, 5.41) is 4.32. The summed E-state index contributed by atoms with van der Waals surface area (Å²) in [7, 11) is 3.69. The van der Waals surface area contributed by atoms with Crippen LogP contribution in [-0.4, -0.2) is 67.5 Å². The van der Waals surface area contributed by atoms with Crippen LogP contribution in [0.2, 0.25) is 0 Å². The summed E-state index contributed by atoms with van der Waals surface area (Å²) >= 11 is 0. The number of aromatic nitrogens is 4. The summed E-state index contributed by atoms with van der Waals surface area (Å²) in [4.78, 5) is 38.9. The first-order chi connectivity index (χ1) is 17.5. The number of aryl methyl sites for hydroxylation is 1. The van der Waals surface area contributed by atoms with Gasteiger partial charge in [-0.1, -0.05) is 30.3 Å². The highest BCUT2D eigenvalue weighted by Crippen LogP contribution is 2.28. The molecule has 0 aliphatic carbocycles. The summed E-state index contributed by atoms with van der Waals surface area (Å²) < 4.78 is 1.65. The van der Waals surface area contributed by atoms with Gasteiger partial charge in [-0.15, -0.1) is 0 Å². The van der Waals surface area contributed by atoms with Crippen LogP contribution < -0.4 is 0 Å². The molecule has 3 heterocycles. The number of fused-ring (bicyclic) bond motifs is 1. The van der Waals surface area contributed by atoms with Crippen LogP contribution in [0, 0.1) is 5.92 Å². The van der Waals surface area contributed by atoms with Gasteiger partial charge in [-0.05, 0) is 55.0 Å². The van der Waals surface area contributed by atoms with Gasteiger partial charge in [0.15, 0.2) is 0 Å². The SMILES string of the molecule is CN(C(=O)c1ccn(C)n1)C(Cc1ccccc1)C1CCN(C(=O)c2ccc3nccnc3c2)CC1. The summed E-state index contributed by atoms with van der Waals surface area (Å²) in [5.74, 6) is 0.209. The Kier molecular flexibility index (Phi) is 6.75. The van der Waals surface area contributed by atoms with E-state index >= 15 is 0 Å². The monoisotopic (exact) mass is 482 g/mol. The van der Waals surface area contributed by atoms with Crippen LogP contribution in [-0.2, 0) is 13.5 Å². The Labute approximate surface area is 210 Å². The first kappa shape index (κ1) is 23.7. The zero-order valence-corrected chi connectivity index (χ0v) is 20.6. The van der Waals surface area contributed by atoms with Crippen molar-refractivity contribution in [3.05, 3.63) is 90.0 Å². The molecule has 0 N–H and O–H groups in total. The van der Waals surface area contributed by atoms with Crippen molar-refractivity contribution in [1.29, 1.82) is 0 Å². The van der Waals surface area contributed by atoms with Crippen LogP contribution in [0.5, 0.6) is 0 Å². The highest BCUT2D eigenvalue weighted by Gasteiger charge is 2.33. The number of rotatable bonds is 6. The zero-order chi connectivity index (χ0) is 25.1. The van der Waals surface area contributed by atoms with Gasteiger partial charge in [0.1, 0.15) is 5.69 Å². The number of carbonyl (C=O) groups is 2. The van der Waals surface area contributed by atoms with Crippen molar-refractivity contribution >= 4 is 22.8 Å². The first-order valence-corrected chi connectivity index (χ1v) is 12.3. The summed E-state index contributed by atoms with van der Waals surface area (Å²) in [6.07, 6.45) is 7.49. The van der Waals surface area contributed by atoms with E-state index < -0.39 is 0 Å². The van der Waals surface area contributed by atoms with Crippen LogP contribution in [0.3, 0.4) is 0 Å². The quantitative estimate of drug-likeness (QED) is 0.419. The number of likely N-dealkylation sites (tertiary alicyclic amines) is 1. The van der Waals surface area contributed by atoms with Gasteiger partial charge in [-0.3, -0.25) is 24.2 Å². The van der Waals surface area contributed by atoms with E-state index in [1.165, 1.54) is 5.56 Å². The standard InChI is InChI=1S/C28H30N6O2/c1-32-15-12-24(31-32)28(36)33(2)26(18-20-6-4-3-5-7-20)21-10-16-34(17-11-21)27(35)22-8-9-23-25(19-22)30-14-13-29-23/h3-9,12-15,19,21,26H,10-11,16-18H2,1-2H3. The Bertz CT molecular complexity index is 1360. The molecule has 5 rings (SSSR count). The van der Waals surface area contributed by atoms with Gasteiger partial charge in [0.25, 0.3) is 11.8 Å². The molecule has 1 atom stereocenters. The van der Waals surface area contributed by atoms with Gasteiger partial charge in [-0.25, -0.2) is 0 Å². The molecule has 1 aliphatic rings. The largest absolute Gasteiger partial charge is 0.339 e. The van der Waals surface area contributed by atoms with E-state index in [9.17, 15) is 9.59 Å². The second kappa shape index (κ2) is 10.3. The molecular formula is C28H30N6O2. The molecule has 8 heteroatoms. The predicted octanol–water partition coefficient (Wildman–Crippen LogP) is 3.60. The molecule has 2 amide bonds. The van der Waals surface area contributed by atoms with Crippen LogP contribution in [0.25, 0.3) is 11.0 Å². The maximum absolute atomic E-state index is 13.3. The van der Waals surface area contributed by atoms with Crippen LogP contribution in [0.1, 0.15) is 39.3 Å². The van der Waals surface area contributed by atoms with Crippen molar-refractivity contribution in [1.82, 2.24) is 29.5 Å². The third-order valence-corrected chi connectivity index (χ3v) is 7.13. The fraction of sp³-hybridized carbons (Fsp3) is 0.321. The highest BCUT2D eigenvalue weighted by molar-refractivity contribution is 5.97. The summed E-state index contributed by atoms with van der Waals surface area (Å²) in [5.41, 5.74) is 3.77. The topological polar surface area (TPSA) is 84.2 Å². The van der Waals surface area contributed by atoms with Gasteiger partial charge in [0.05, 0.1) is 11.0 Å². The lowest BCUT2D eigenvalue weighted by molar-refractivity contribution is 0.0519. The minimum absolute atomic E-state index is 0.00935. The molecule has 2 aromatic heterocycles. The lowest BCUT2D eigenvalue weighted by Crippen LogP contribution is -2.48. The van der Waals surface area contributed by atoms with Crippen molar-refractivity contribution in [2.45, 2.75) is 25.3 Å². The average Bonchev–Trinajstić information content (AvgIpc) is 3.37. The number of likely N-dealkylation sites (N-methyl/N-ethyl adjacent to an activating group) is 1. The fourth-order valence-corrected chi connectivity index (χ4v) is 5.10. The van der Waals surface area contributed by atoms with E-state index in [0.717, 1.165) is 30.3 Å². The van der Waals surface area contributed by atoms with E-state index in [1.807, 2.05) is 60.3 Å². The molecule has 1 fully saturated rings. The number of benzene rings is 2. The Balaban J connectivity index is 1.31. The van der Waals surface area contributed by atoms with Crippen LogP contribution in [0.4, 0.5) is 0 Å². The number of amides is 2. The van der Waals surface area contributed by atoms with Gasteiger partial charge in [0, 0.05) is 57.4 Å². The lowest BCUT2D eigenvalue weighted by atomic mass is 9.84. The summed E-state index contributed by atoms with van der Waals surface area (Å²) in [6, 6.07) is 17.5. The van der Waals surface area contributed by atoms with Crippen LogP contribution >= 0.6 is 0 Å². The third-order valence-electron chi connectivity index (χ3n) is 7.13. The Morgan fingerprint density at radius 2 is 1.72 bits per heavy atom. The molecule has 0 spiro atoms. The molecule has 1 saturated heterocycles. The predicted molar refractivity (Wildman–Crippen MR) is 137 cm³/mol. The fourth-order valence-electron chi connectivity index (χ4n) is 5.10. The highest BCUT2D eigenvalue weighted by atomic mass is 16.2. The smallest absolute Gasteiger partial charge is 0.274 e. The minimum Gasteiger partial charge on any atom is -0.339 e. The van der Waals surface area contributed by atoms with Gasteiger partial charge < -0.3 is 9.80 Å². The normalized spacial score (nSPS) is 15.1. The van der Waals surface area contributed by atoms with Crippen molar-refractivity contribution in [2.75, 3.05) is 20.1 Å². The Morgan fingerprint density at radius 1 is 1.00 bits per heavy atom. The Morgan fingerprint density at radius 3 is 2.42 bits per heavy atom. The zero-order valence-electron chi connectivity index (χ0n) is 20.6. The van der Waals surface area contributed by atoms with Crippen molar-refractivity contribution < 1.29 is 9.59 Å². The first-order valence-electron chi connectivity index (χ1n) is 12.3. The van der Waals surface area contributed by atoms with Gasteiger partial charge in [-0.2, -0.15) is 5.10 Å². The van der Waals surface area contributed by atoms with Crippen molar-refractivity contribution in [2.24, 2.45) is 13.0 Å². The van der Waals surface area contributed by atoms with Gasteiger partial charge >= 0.3 is 0 Å². The molecule has 0 bridgehead atoms. The number of hydrogen-bond donors (Lipinski definition) is 0. The molecule has 1 unspecified atom stereocenters. The van der Waals surface area contributed by atoms with Crippen molar-refractivity contribution in [3.63, 3.8) is 0 Å².